The van der Waals surface area contributed by atoms with Crippen LogP contribution in [0.15, 0.2) is 30.5 Å². The summed E-state index contributed by atoms with van der Waals surface area (Å²) in [5.74, 6) is -1.82. The zero-order chi connectivity index (χ0) is 17.5. The number of nitrogens with one attached hydrogen (secondary N) is 1. The fraction of sp³-hybridized carbons (Fsp3) is 0.375. The van der Waals surface area contributed by atoms with Crippen molar-refractivity contribution in [2.24, 2.45) is 0 Å². The Morgan fingerprint density at radius 1 is 1.33 bits per heavy atom. The van der Waals surface area contributed by atoms with E-state index in [-0.39, 0.29) is 24.1 Å². The number of rotatable bonds is 8. The summed E-state index contributed by atoms with van der Waals surface area (Å²) in [4.78, 5) is 14.0. The molecule has 130 valence electrons. The molecule has 1 amide bonds. The van der Waals surface area contributed by atoms with Crippen molar-refractivity contribution in [1.82, 2.24) is 20.0 Å². The van der Waals surface area contributed by atoms with Gasteiger partial charge in [0.25, 0.3) is 5.91 Å². The summed E-state index contributed by atoms with van der Waals surface area (Å²) in [6, 6.07) is 4.59. The minimum atomic E-state index is -0.791. The first-order chi connectivity index (χ1) is 11.5. The summed E-state index contributed by atoms with van der Waals surface area (Å²) in [7, 11) is 3.93. The maximum Gasteiger partial charge on any atom is 0.271 e. The van der Waals surface area contributed by atoms with Gasteiger partial charge in [0.1, 0.15) is 11.5 Å². The lowest BCUT2D eigenvalue weighted by molar-refractivity contribution is 0.0945. The van der Waals surface area contributed by atoms with Crippen LogP contribution >= 0.6 is 0 Å². The molecule has 0 atom stereocenters. The molecule has 0 fully saturated rings. The largest absolute Gasteiger partial charge is 0.468 e. The van der Waals surface area contributed by atoms with E-state index in [0.29, 0.717) is 6.54 Å². The van der Waals surface area contributed by atoms with Gasteiger partial charge in [0.05, 0.1) is 0 Å². The van der Waals surface area contributed by atoms with Crippen molar-refractivity contribution < 1.29 is 18.3 Å². The van der Waals surface area contributed by atoms with Gasteiger partial charge in [-0.15, -0.1) is 0 Å². The number of nitrogens with zero attached hydrogens (tertiary/aromatic N) is 3. The summed E-state index contributed by atoms with van der Waals surface area (Å²) in [5, 5.41) is 6.83. The van der Waals surface area contributed by atoms with Crippen molar-refractivity contribution in [3.8, 4) is 5.75 Å². The fourth-order valence-corrected chi connectivity index (χ4v) is 1.97. The lowest BCUT2D eigenvalue weighted by Gasteiger charge is -2.09. The van der Waals surface area contributed by atoms with Gasteiger partial charge in [-0.1, -0.05) is 0 Å². The summed E-state index contributed by atoms with van der Waals surface area (Å²) in [5.41, 5.74) is 0.253. The van der Waals surface area contributed by atoms with E-state index in [0.717, 1.165) is 25.1 Å². The third-order valence-corrected chi connectivity index (χ3v) is 3.19. The molecule has 0 saturated heterocycles. The molecule has 0 saturated carbocycles. The van der Waals surface area contributed by atoms with E-state index in [9.17, 15) is 13.6 Å². The van der Waals surface area contributed by atoms with Crippen molar-refractivity contribution >= 4 is 5.91 Å². The average molecular weight is 338 g/mol. The predicted molar refractivity (Wildman–Crippen MR) is 84.7 cm³/mol. The van der Waals surface area contributed by atoms with Crippen molar-refractivity contribution in [3.05, 3.63) is 47.8 Å². The number of aromatic nitrogens is 2. The first-order valence-electron chi connectivity index (χ1n) is 7.50. The van der Waals surface area contributed by atoms with E-state index in [1.165, 1.54) is 10.7 Å². The second-order valence-corrected chi connectivity index (χ2v) is 5.50. The molecule has 8 heteroatoms. The van der Waals surface area contributed by atoms with E-state index in [2.05, 4.69) is 10.4 Å². The minimum Gasteiger partial charge on any atom is -0.468 e. The van der Waals surface area contributed by atoms with Gasteiger partial charge < -0.3 is 15.0 Å². The fourth-order valence-electron chi connectivity index (χ4n) is 1.97. The first kappa shape index (κ1) is 17.9. The quantitative estimate of drug-likeness (QED) is 0.747. The zero-order valence-electron chi connectivity index (χ0n) is 13.6. The summed E-state index contributed by atoms with van der Waals surface area (Å²) >= 11 is 0. The summed E-state index contributed by atoms with van der Waals surface area (Å²) in [6.45, 7) is 1.35. The smallest absolute Gasteiger partial charge is 0.271 e. The van der Waals surface area contributed by atoms with E-state index >= 15 is 0 Å². The Morgan fingerprint density at radius 3 is 2.83 bits per heavy atom. The molecule has 2 aromatic rings. The van der Waals surface area contributed by atoms with Gasteiger partial charge in [-0.2, -0.15) is 5.10 Å². The molecule has 1 aromatic carbocycles. The normalized spacial score (nSPS) is 10.9. The van der Waals surface area contributed by atoms with E-state index in [1.807, 2.05) is 19.0 Å². The standard InChI is InChI=1S/C16H20F2N4O2/c1-21(2)8-3-7-19-16(23)14-6-9-22(20-14)11-24-15-5-4-12(17)10-13(15)18/h4-6,9-10H,3,7-8,11H2,1-2H3,(H,19,23). The number of amides is 1. The third-order valence-electron chi connectivity index (χ3n) is 3.19. The molecule has 24 heavy (non-hydrogen) atoms. The second kappa shape index (κ2) is 8.39. The topological polar surface area (TPSA) is 59.4 Å². The van der Waals surface area contributed by atoms with Gasteiger partial charge >= 0.3 is 0 Å². The Hall–Kier alpha value is -2.48. The Balaban J connectivity index is 1.83. The minimum absolute atomic E-state index is 0.0819. The van der Waals surface area contributed by atoms with Crippen LogP contribution in [0.3, 0.4) is 0 Å². The van der Waals surface area contributed by atoms with Crippen LogP contribution in [0, 0.1) is 11.6 Å². The van der Waals surface area contributed by atoms with E-state index in [1.54, 1.807) is 12.3 Å². The summed E-state index contributed by atoms with van der Waals surface area (Å²) in [6.07, 6.45) is 2.39. The molecule has 1 N–H and O–H groups in total. The van der Waals surface area contributed by atoms with Crippen LogP contribution in [0.5, 0.6) is 5.75 Å². The third kappa shape index (κ3) is 5.31. The molecule has 0 aliphatic carbocycles. The highest BCUT2D eigenvalue weighted by Crippen LogP contribution is 2.17. The SMILES string of the molecule is CN(C)CCCNC(=O)c1ccn(COc2ccc(F)cc2F)n1. The average Bonchev–Trinajstić information content (AvgIpc) is 2.99. The lowest BCUT2D eigenvalue weighted by Crippen LogP contribution is -2.27. The van der Waals surface area contributed by atoms with Crippen LogP contribution in [-0.4, -0.2) is 47.8 Å². The van der Waals surface area contributed by atoms with Crippen molar-refractivity contribution in [3.63, 3.8) is 0 Å². The molecular formula is C16H20F2N4O2. The van der Waals surface area contributed by atoms with Crippen LogP contribution in [0.4, 0.5) is 8.78 Å². The molecule has 0 unspecified atom stereocenters. The van der Waals surface area contributed by atoms with Gasteiger partial charge in [-0.3, -0.25) is 4.79 Å². The number of carbonyl (C=O) groups excluding carboxylic acids is 1. The molecule has 1 heterocycles. The second-order valence-electron chi connectivity index (χ2n) is 5.50. The van der Waals surface area contributed by atoms with Crippen LogP contribution < -0.4 is 10.1 Å². The number of benzene rings is 1. The van der Waals surface area contributed by atoms with Gasteiger partial charge in [-0.25, -0.2) is 13.5 Å². The highest BCUT2D eigenvalue weighted by atomic mass is 19.1. The Kier molecular flexibility index (Phi) is 6.25. The van der Waals surface area contributed by atoms with Crippen LogP contribution in [-0.2, 0) is 6.73 Å². The van der Waals surface area contributed by atoms with Crippen molar-refractivity contribution in [2.45, 2.75) is 13.2 Å². The van der Waals surface area contributed by atoms with Crippen molar-refractivity contribution in [1.29, 1.82) is 0 Å². The molecule has 0 radical (unpaired) electrons. The maximum absolute atomic E-state index is 13.5. The van der Waals surface area contributed by atoms with E-state index in [4.69, 9.17) is 4.74 Å². The number of ether oxygens (including phenoxy) is 1. The number of halogens is 2. The lowest BCUT2D eigenvalue weighted by atomic mass is 10.3. The van der Waals surface area contributed by atoms with Crippen molar-refractivity contribution in [2.75, 3.05) is 27.2 Å². The van der Waals surface area contributed by atoms with Gasteiger partial charge in [0, 0.05) is 18.8 Å². The maximum atomic E-state index is 13.5. The molecule has 0 aliphatic heterocycles. The first-order valence-corrected chi connectivity index (χ1v) is 7.50. The van der Waals surface area contributed by atoms with Crippen LogP contribution in [0.25, 0.3) is 0 Å². The van der Waals surface area contributed by atoms with Crippen LogP contribution in [0.1, 0.15) is 16.9 Å². The van der Waals surface area contributed by atoms with E-state index < -0.39 is 11.6 Å². The van der Waals surface area contributed by atoms with Gasteiger partial charge in [0.15, 0.2) is 18.3 Å². The highest BCUT2D eigenvalue weighted by molar-refractivity contribution is 5.92. The molecule has 1 aromatic heterocycles. The zero-order valence-corrected chi connectivity index (χ0v) is 13.6. The summed E-state index contributed by atoms with van der Waals surface area (Å²) < 4.78 is 32.8. The molecule has 2 rings (SSSR count). The molecule has 0 aliphatic rings. The molecule has 6 nitrogen and oxygen atoms in total. The Morgan fingerprint density at radius 2 is 2.12 bits per heavy atom. The predicted octanol–water partition coefficient (Wildman–Crippen LogP) is 1.88. The highest BCUT2D eigenvalue weighted by Gasteiger charge is 2.10. The number of hydrogen-bond acceptors (Lipinski definition) is 4. The van der Waals surface area contributed by atoms with Crippen LogP contribution in [0.2, 0.25) is 0 Å². The monoisotopic (exact) mass is 338 g/mol. The molecular weight excluding hydrogens is 318 g/mol. The number of carbonyl (C=O) groups is 1. The Bertz CT molecular complexity index is 688. The number of hydrogen-bond donors (Lipinski definition) is 1. The van der Waals surface area contributed by atoms with Gasteiger partial charge in [-0.05, 0) is 45.3 Å². The molecule has 0 bridgehead atoms. The molecule has 0 spiro atoms. The Labute approximate surface area is 139 Å². The van der Waals surface area contributed by atoms with Gasteiger partial charge in [0.2, 0.25) is 0 Å².